The van der Waals surface area contributed by atoms with Crippen LogP contribution in [0.15, 0.2) is 60.7 Å². The highest BCUT2D eigenvalue weighted by molar-refractivity contribution is 7.82. The maximum Gasteiger partial charge on any atom is 0.316 e. The van der Waals surface area contributed by atoms with Gasteiger partial charge in [-0.25, -0.2) is 4.98 Å². The summed E-state index contributed by atoms with van der Waals surface area (Å²) in [6, 6.07) is 17.9. The summed E-state index contributed by atoms with van der Waals surface area (Å²) in [4.78, 5) is 4.83. The van der Waals surface area contributed by atoms with E-state index >= 15 is 0 Å². The molecule has 0 spiro atoms. The first-order chi connectivity index (χ1) is 36.0. The second-order valence-electron chi connectivity index (χ2n) is 20.4. The molecule has 14 nitrogen and oxygen atoms in total. The number of ether oxygens (including phenoxy) is 4. The zero-order chi connectivity index (χ0) is 52.8. The Morgan fingerprint density at radius 3 is 1.27 bits per heavy atom. The van der Waals surface area contributed by atoms with Crippen LogP contribution < -0.4 is 36.8 Å². The third-order valence-corrected chi connectivity index (χ3v) is 14.2. The minimum Gasteiger partial charge on any atom is -0.493 e. The molecule has 3 N–H and O–H groups in total. The first-order valence-electron chi connectivity index (χ1n) is 28.1. The van der Waals surface area contributed by atoms with Crippen molar-refractivity contribution in [2.45, 2.75) is 208 Å². The number of fused-ring (bicyclic) bond motifs is 1. The van der Waals surface area contributed by atoms with Crippen LogP contribution in [0.1, 0.15) is 208 Å². The summed E-state index contributed by atoms with van der Waals surface area (Å²) >= 11 is -4.21. The number of anilines is 2. The van der Waals surface area contributed by atoms with Gasteiger partial charge >= 0.3 is 22.5 Å². The summed E-state index contributed by atoms with van der Waals surface area (Å²) < 4.78 is 72.5. The van der Waals surface area contributed by atoms with Gasteiger partial charge in [0.15, 0.2) is 34.5 Å². The fourth-order valence-electron chi connectivity index (χ4n) is 8.35. The Morgan fingerprint density at radius 1 is 0.486 bits per heavy atom. The topological polar surface area (TPSA) is 160 Å². The highest BCUT2D eigenvalue weighted by atomic mass is 32.2. The van der Waals surface area contributed by atoms with Crippen molar-refractivity contribution in [3.8, 4) is 45.9 Å². The van der Waals surface area contributed by atoms with Crippen molar-refractivity contribution in [3.05, 3.63) is 66.4 Å². The third kappa shape index (κ3) is 22.1. The molecular formula is C58H90N6O8S2. The highest BCUT2D eigenvalue weighted by Gasteiger charge is 2.21. The molecule has 0 bridgehead atoms. The van der Waals surface area contributed by atoms with E-state index in [9.17, 15) is 8.42 Å². The molecule has 2 unspecified atom stereocenters. The Labute approximate surface area is 449 Å². The molecule has 5 aromatic rings. The average molecular weight is 1060 g/mol. The summed E-state index contributed by atoms with van der Waals surface area (Å²) in [5, 5.41) is 8.09. The molecule has 0 fully saturated rings. The van der Waals surface area contributed by atoms with Crippen molar-refractivity contribution >= 4 is 39.6 Å². The number of aromatic nitrogens is 4. The van der Waals surface area contributed by atoms with Crippen LogP contribution in [0.4, 0.5) is 11.4 Å². The molecule has 0 amide bonds. The maximum absolute atomic E-state index is 14.0. The van der Waals surface area contributed by atoms with Crippen LogP contribution >= 0.6 is 0 Å². The Hall–Kier alpha value is -4.96. The number of hydrogen-bond donors (Lipinski definition) is 3. The number of nitrogens with one attached hydrogen (secondary N) is 3. The van der Waals surface area contributed by atoms with Crippen molar-refractivity contribution in [3.63, 3.8) is 0 Å². The van der Waals surface area contributed by atoms with E-state index in [0.717, 1.165) is 69.9 Å². The monoisotopic (exact) mass is 1060 g/mol. The molecule has 0 saturated heterocycles. The second-order valence-corrected chi connectivity index (χ2v) is 22.1. The van der Waals surface area contributed by atoms with E-state index in [-0.39, 0.29) is 5.41 Å². The summed E-state index contributed by atoms with van der Waals surface area (Å²) in [5.74, 6) is 3.27. The Balaban J connectivity index is 1.34. The first kappa shape index (κ1) is 59.9. The van der Waals surface area contributed by atoms with E-state index in [4.69, 9.17) is 37.4 Å². The van der Waals surface area contributed by atoms with Crippen molar-refractivity contribution in [1.29, 1.82) is 0 Å². The predicted octanol–water partition coefficient (Wildman–Crippen LogP) is 16.1. The molecule has 3 aromatic carbocycles. The minimum absolute atomic E-state index is 0.141. The number of unbranched alkanes of at least 4 members (excludes halogenated alkanes) is 20. The van der Waals surface area contributed by atoms with Crippen LogP contribution in [0.3, 0.4) is 0 Å². The van der Waals surface area contributed by atoms with Gasteiger partial charge in [-0.2, -0.15) is 13.0 Å². The number of H-pyrrole nitrogens is 1. The van der Waals surface area contributed by atoms with E-state index in [2.05, 4.69) is 63.0 Å². The summed E-state index contributed by atoms with van der Waals surface area (Å²) in [5.41, 5.74) is 2.81. The van der Waals surface area contributed by atoms with E-state index < -0.39 is 22.5 Å². The third-order valence-electron chi connectivity index (χ3n) is 12.7. The van der Waals surface area contributed by atoms with Gasteiger partial charge in [-0.05, 0) is 68.1 Å². The Bertz CT molecular complexity index is 2250. The van der Waals surface area contributed by atoms with Crippen molar-refractivity contribution in [2.75, 3.05) is 35.9 Å². The summed E-state index contributed by atoms with van der Waals surface area (Å²) in [6.07, 6.45) is 27.5. The number of nitrogens with zero attached hydrogens (tertiary/aromatic N) is 3. The smallest absolute Gasteiger partial charge is 0.316 e. The van der Waals surface area contributed by atoms with Crippen molar-refractivity contribution < 1.29 is 35.7 Å². The molecule has 74 heavy (non-hydrogen) atoms. The fraction of sp³-hybridized carbons (Fsp3) is 0.621. The molecule has 0 radical (unpaired) electrons. The molecule has 0 saturated carbocycles. The fourth-order valence-corrected chi connectivity index (χ4v) is 9.65. The van der Waals surface area contributed by atoms with Crippen molar-refractivity contribution in [1.82, 2.24) is 19.8 Å². The van der Waals surface area contributed by atoms with Crippen LogP contribution in [-0.4, -0.2) is 54.7 Å². The molecule has 0 aliphatic heterocycles. The lowest BCUT2D eigenvalue weighted by Crippen LogP contribution is -2.14. The molecule has 2 heterocycles. The van der Waals surface area contributed by atoms with Gasteiger partial charge in [-0.3, -0.25) is 14.5 Å². The summed E-state index contributed by atoms with van der Waals surface area (Å²) in [7, 11) is 0. The lowest BCUT2D eigenvalue weighted by Gasteiger charge is -2.16. The van der Waals surface area contributed by atoms with Crippen LogP contribution in [0.5, 0.6) is 34.5 Å². The number of aromatic amines is 1. The molecule has 0 aliphatic carbocycles. The average Bonchev–Trinajstić information content (AvgIpc) is 3.98. The molecule has 0 aliphatic rings. The number of rotatable bonds is 41. The molecule has 5 rings (SSSR count). The standard InChI is InChI=1S/C58H90N6O8S2/c1-8-12-16-20-24-28-36-67-49-32-34-51(53(43-49)69-38-30-26-22-18-14-10-3)71-73(65)62-47-40-46(57-59-56-45-55(58(5,6)7)60-64(56)61-57)41-48(42-47)63-74(66)72-52-35-33-50(68-37-29-25-21-17-13-9-2)44-54(52)70-39-31-27-23-19-15-11-4/h32-35,40-45,60,62-63H,8-31,36-39H2,1-7H3. The van der Waals surface area contributed by atoms with Gasteiger partial charge in [0.05, 0.1) is 37.8 Å². The van der Waals surface area contributed by atoms with Gasteiger partial charge in [-0.15, -0.1) is 5.10 Å². The zero-order valence-corrected chi connectivity index (χ0v) is 47.6. The first-order valence-corrected chi connectivity index (χ1v) is 30.3. The zero-order valence-electron chi connectivity index (χ0n) is 46.0. The second kappa shape index (κ2) is 33.9. The van der Waals surface area contributed by atoms with Gasteiger partial charge in [0, 0.05) is 34.9 Å². The summed E-state index contributed by atoms with van der Waals surface area (Å²) in [6.45, 7) is 17.4. The van der Waals surface area contributed by atoms with Crippen LogP contribution in [0, 0.1) is 0 Å². The van der Waals surface area contributed by atoms with E-state index in [0.29, 0.717) is 89.3 Å². The Morgan fingerprint density at radius 2 is 0.878 bits per heavy atom. The number of benzene rings is 3. The lowest BCUT2D eigenvalue weighted by atomic mass is 9.93. The molecule has 2 aromatic heterocycles. The van der Waals surface area contributed by atoms with E-state index in [1.165, 1.54) is 89.9 Å². The van der Waals surface area contributed by atoms with E-state index in [1.807, 2.05) is 30.3 Å². The van der Waals surface area contributed by atoms with E-state index in [1.54, 1.807) is 35.0 Å². The van der Waals surface area contributed by atoms with Crippen LogP contribution in [0.25, 0.3) is 17.0 Å². The van der Waals surface area contributed by atoms with Gasteiger partial charge in [0.1, 0.15) is 11.5 Å². The SMILES string of the molecule is CCCCCCCCOc1ccc(OS(=O)Nc2cc(NS(=O)Oc3ccc(OCCCCCCCC)cc3OCCCCCCCC)cc(-c3nc4cc(C(C)(C)C)[nH]n4n3)c2)c(OCCCCCCCC)c1. The normalized spacial score (nSPS) is 12.4. The van der Waals surface area contributed by atoms with Gasteiger partial charge in [0.25, 0.3) is 0 Å². The highest BCUT2D eigenvalue weighted by Crippen LogP contribution is 2.36. The van der Waals surface area contributed by atoms with Crippen LogP contribution in [-0.2, 0) is 27.9 Å². The Kier molecular flexibility index (Phi) is 27.4. The van der Waals surface area contributed by atoms with Crippen LogP contribution in [0.2, 0.25) is 0 Å². The molecule has 2 atom stereocenters. The minimum atomic E-state index is -2.10. The largest absolute Gasteiger partial charge is 0.493 e. The maximum atomic E-state index is 14.0. The van der Waals surface area contributed by atoms with Gasteiger partial charge < -0.3 is 27.3 Å². The molecular weight excluding hydrogens is 973 g/mol. The lowest BCUT2D eigenvalue weighted by molar-refractivity contribution is 0.284. The molecule has 412 valence electrons. The quantitative estimate of drug-likeness (QED) is 0.0322. The van der Waals surface area contributed by atoms with Crippen molar-refractivity contribution in [2.24, 2.45) is 0 Å². The van der Waals surface area contributed by atoms with Gasteiger partial charge in [0.2, 0.25) is 0 Å². The van der Waals surface area contributed by atoms with Gasteiger partial charge in [-0.1, -0.05) is 177 Å². The number of hydrogen-bond acceptors (Lipinski definition) is 10. The predicted molar refractivity (Wildman–Crippen MR) is 305 cm³/mol. The molecule has 16 heteroatoms.